The van der Waals surface area contributed by atoms with E-state index in [4.69, 9.17) is 8.77 Å². The van der Waals surface area contributed by atoms with E-state index in [0.717, 1.165) is 34.0 Å². The molecule has 2 heterocycles. The quantitative estimate of drug-likeness (QED) is 0.543. The molecule has 0 amide bonds. The lowest BCUT2D eigenvalue weighted by Crippen LogP contribution is -2.00. The van der Waals surface area contributed by atoms with Crippen LogP contribution < -0.4 is 3.79 Å². The molecule has 0 aliphatic heterocycles. The molecule has 5 heteroatoms. The number of benzene rings is 2. The molecule has 0 atom stereocenters. The molecule has 4 nitrogen and oxygen atoms in total. The minimum atomic E-state index is 0.755. The first-order chi connectivity index (χ1) is 11.4. The Balaban J connectivity index is 2.07. The first kappa shape index (κ1) is 14.0. The molecule has 0 saturated carbocycles. The van der Waals surface area contributed by atoms with E-state index in [-0.39, 0.29) is 0 Å². The Kier molecular flexibility index (Phi) is 3.58. The summed E-state index contributed by atoms with van der Waals surface area (Å²) in [5, 5.41) is 0. The maximum absolute atomic E-state index is 5.43. The molecule has 2 radical (unpaired) electrons. The monoisotopic (exact) mass is 313 g/mol. The van der Waals surface area contributed by atoms with Crippen molar-refractivity contribution in [2.75, 3.05) is 0 Å². The average Bonchev–Trinajstić information content (AvgIpc) is 3.01. The number of para-hydroxylation sites is 2. The molecule has 23 heavy (non-hydrogen) atoms. The first-order valence-corrected chi connectivity index (χ1v) is 7.70. The fourth-order valence-corrected chi connectivity index (χ4v) is 2.87. The standard InChI is InChI=1S/C18H13N3O.Al/c22-16-11-5-4-9-14(16)17-20-15-10-6-12-19-18(15)21(17)13-7-2-1-3-8-13;/h1-12,22H;/q;+1/p-1. The normalized spacial score (nSPS) is 10.8. The van der Waals surface area contributed by atoms with Gasteiger partial charge in [0, 0.05) is 11.9 Å². The van der Waals surface area contributed by atoms with Crippen molar-refractivity contribution in [3.63, 3.8) is 0 Å². The highest BCUT2D eigenvalue weighted by Gasteiger charge is 2.17. The first-order valence-electron chi connectivity index (χ1n) is 7.23. The summed E-state index contributed by atoms with van der Waals surface area (Å²) < 4.78 is 7.48. The van der Waals surface area contributed by atoms with Crippen LogP contribution in [0.3, 0.4) is 0 Å². The lowest BCUT2D eigenvalue weighted by Gasteiger charge is -2.12. The molecule has 108 valence electrons. The number of nitrogens with zero attached hydrogens (tertiary/aromatic N) is 3. The van der Waals surface area contributed by atoms with Gasteiger partial charge in [0.15, 0.2) is 11.5 Å². The third-order valence-electron chi connectivity index (χ3n) is 3.69. The minimum Gasteiger partial charge on any atom is -0.653 e. The highest BCUT2D eigenvalue weighted by atomic mass is 27.1. The Morgan fingerprint density at radius 1 is 0.870 bits per heavy atom. The molecule has 2 aromatic carbocycles. The lowest BCUT2D eigenvalue weighted by atomic mass is 10.2. The summed E-state index contributed by atoms with van der Waals surface area (Å²) in [6.07, 6.45) is 1.78. The van der Waals surface area contributed by atoms with Gasteiger partial charge in [-0.15, -0.1) is 0 Å². The van der Waals surface area contributed by atoms with Gasteiger partial charge in [-0.1, -0.05) is 30.3 Å². The zero-order valence-electron chi connectivity index (χ0n) is 12.3. The topological polar surface area (TPSA) is 39.9 Å². The van der Waals surface area contributed by atoms with Crippen molar-refractivity contribution in [3.05, 3.63) is 72.9 Å². The molecule has 0 fully saturated rings. The van der Waals surface area contributed by atoms with Gasteiger partial charge in [-0.3, -0.25) is 4.57 Å². The van der Waals surface area contributed by atoms with E-state index >= 15 is 0 Å². The van der Waals surface area contributed by atoms with Gasteiger partial charge in [0.2, 0.25) is 0 Å². The van der Waals surface area contributed by atoms with E-state index in [1.807, 2.05) is 66.7 Å². The number of pyridine rings is 1. The van der Waals surface area contributed by atoms with Gasteiger partial charge in [-0.25, -0.2) is 9.97 Å². The van der Waals surface area contributed by atoms with E-state index in [2.05, 4.69) is 26.2 Å². The van der Waals surface area contributed by atoms with Gasteiger partial charge < -0.3 is 3.79 Å². The van der Waals surface area contributed by atoms with Gasteiger partial charge in [-0.2, -0.15) is 0 Å². The molecule has 0 N–H and O–H groups in total. The van der Waals surface area contributed by atoms with E-state index in [1.165, 1.54) is 0 Å². The van der Waals surface area contributed by atoms with Crippen LogP contribution in [0.15, 0.2) is 72.9 Å². The van der Waals surface area contributed by atoms with E-state index in [0.29, 0.717) is 0 Å². The third kappa shape index (κ3) is 2.40. The predicted octanol–water partition coefficient (Wildman–Crippen LogP) is 3.55. The molecule has 0 aliphatic rings. The number of hydrogen-bond acceptors (Lipinski definition) is 3. The van der Waals surface area contributed by atoms with Crippen LogP contribution in [0.25, 0.3) is 28.2 Å². The average molecular weight is 313 g/mol. The van der Waals surface area contributed by atoms with Crippen molar-refractivity contribution in [3.8, 4) is 22.8 Å². The maximum Gasteiger partial charge on any atom is 0.482 e. The zero-order valence-corrected chi connectivity index (χ0v) is 13.4. The van der Waals surface area contributed by atoms with Crippen LogP contribution in [0.5, 0.6) is 5.75 Å². The van der Waals surface area contributed by atoms with Crippen molar-refractivity contribution in [1.29, 1.82) is 0 Å². The van der Waals surface area contributed by atoms with Crippen LogP contribution in [0.4, 0.5) is 0 Å². The Labute approximate surface area is 142 Å². The molecule has 0 spiro atoms. The summed E-state index contributed by atoms with van der Waals surface area (Å²) in [5.41, 5.74) is 3.61. The van der Waals surface area contributed by atoms with Gasteiger partial charge >= 0.3 is 16.6 Å². The van der Waals surface area contributed by atoms with E-state index in [1.54, 1.807) is 6.20 Å². The van der Waals surface area contributed by atoms with Crippen molar-refractivity contribution in [1.82, 2.24) is 14.5 Å². The van der Waals surface area contributed by atoms with Crippen molar-refractivity contribution in [2.45, 2.75) is 0 Å². The SMILES string of the molecule is [Al][O]c1ccccc1-c1nc2cccnc2n1-c1ccccc1. The number of rotatable bonds is 3. The second kappa shape index (κ2) is 5.88. The van der Waals surface area contributed by atoms with Crippen LogP contribution in [-0.2, 0) is 0 Å². The van der Waals surface area contributed by atoms with Crippen molar-refractivity contribution < 1.29 is 3.79 Å². The molecule has 2 aromatic heterocycles. The van der Waals surface area contributed by atoms with Gasteiger partial charge in [0.25, 0.3) is 0 Å². The zero-order chi connectivity index (χ0) is 15.6. The fraction of sp³-hybridized carbons (Fsp3) is 0. The van der Waals surface area contributed by atoms with Crippen LogP contribution in [0.2, 0.25) is 0 Å². The number of imidazole rings is 1. The van der Waals surface area contributed by atoms with E-state index < -0.39 is 0 Å². The maximum atomic E-state index is 5.43. The molecule has 4 aromatic rings. The van der Waals surface area contributed by atoms with Crippen molar-refractivity contribution >= 4 is 27.8 Å². The largest absolute Gasteiger partial charge is 0.653 e. The van der Waals surface area contributed by atoms with Gasteiger partial charge in [0.05, 0.1) is 11.3 Å². The smallest absolute Gasteiger partial charge is 0.482 e. The Bertz CT molecular complexity index is 966. The Hall–Kier alpha value is -2.61. The summed E-state index contributed by atoms with van der Waals surface area (Å²) >= 11 is 2.30. The van der Waals surface area contributed by atoms with E-state index in [9.17, 15) is 0 Å². The summed E-state index contributed by atoms with van der Waals surface area (Å²) in [7, 11) is 0. The van der Waals surface area contributed by atoms with Crippen LogP contribution >= 0.6 is 0 Å². The number of fused-ring (bicyclic) bond motifs is 1. The highest BCUT2D eigenvalue weighted by molar-refractivity contribution is 6.00. The second-order valence-corrected chi connectivity index (χ2v) is 5.30. The Morgan fingerprint density at radius 3 is 2.48 bits per heavy atom. The third-order valence-corrected chi connectivity index (χ3v) is 3.94. The Morgan fingerprint density at radius 2 is 1.65 bits per heavy atom. The summed E-state index contributed by atoms with van der Waals surface area (Å²) in [5.74, 6) is 1.56. The number of hydrogen-bond donors (Lipinski definition) is 0. The molecular weight excluding hydrogens is 301 g/mol. The van der Waals surface area contributed by atoms with Gasteiger partial charge in [-0.05, 0) is 36.4 Å². The van der Waals surface area contributed by atoms with Crippen LogP contribution in [0, 0.1) is 0 Å². The van der Waals surface area contributed by atoms with Crippen molar-refractivity contribution in [2.24, 2.45) is 0 Å². The molecule has 0 aliphatic carbocycles. The molecular formula is C18H12AlN3O. The summed E-state index contributed by atoms with van der Waals surface area (Å²) in [6.45, 7) is 0. The minimum absolute atomic E-state index is 0.755. The molecule has 0 bridgehead atoms. The second-order valence-electron chi connectivity index (χ2n) is 5.07. The molecule has 0 saturated heterocycles. The molecule has 0 unspecified atom stereocenters. The fourth-order valence-electron chi connectivity index (χ4n) is 2.67. The molecule has 4 rings (SSSR count). The lowest BCUT2D eigenvalue weighted by molar-refractivity contribution is 0.617. The highest BCUT2D eigenvalue weighted by Crippen LogP contribution is 2.33. The predicted molar refractivity (Wildman–Crippen MR) is 90.7 cm³/mol. The van der Waals surface area contributed by atoms with Gasteiger partial charge in [0.1, 0.15) is 5.52 Å². The number of aromatic nitrogens is 3. The summed E-state index contributed by atoms with van der Waals surface area (Å²) in [6, 6.07) is 21.8. The summed E-state index contributed by atoms with van der Waals surface area (Å²) in [4.78, 5) is 9.29. The van der Waals surface area contributed by atoms with Crippen LogP contribution in [0.1, 0.15) is 0 Å². The van der Waals surface area contributed by atoms with Crippen LogP contribution in [-0.4, -0.2) is 31.2 Å².